The zero-order valence-electron chi connectivity index (χ0n) is 9.16. The molecule has 0 radical (unpaired) electrons. The predicted octanol–water partition coefficient (Wildman–Crippen LogP) is 2.22. The van der Waals surface area contributed by atoms with Crippen molar-refractivity contribution in [3.63, 3.8) is 0 Å². The van der Waals surface area contributed by atoms with Gasteiger partial charge in [-0.1, -0.05) is 18.5 Å². The van der Waals surface area contributed by atoms with Crippen molar-refractivity contribution in [3.05, 3.63) is 16.9 Å². The van der Waals surface area contributed by atoms with Gasteiger partial charge in [0.05, 0.1) is 30.3 Å². The number of methoxy groups -OCH3 is 1. The van der Waals surface area contributed by atoms with E-state index in [0.29, 0.717) is 11.4 Å². The lowest BCUT2D eigenvalue weighted by atomic mass is 10.2. The highest BCUT2D eigenvalue weighted by atomic mass is 35.5. The van der Waals surface area contributed by atoms with Crippen LogP contribution in [0.2, 0.25) is 5.02 Å². The molecule has 0 saturated heterocycles. The van der Waals surface area contributed by atoms with Crippen LogP contribution in [0.1, 0.15) is 32.0 Å². The van der Waals surface area contributed by atoms with Crippen LogP contribution >= 0.6 is 11.6 Å². The number of halogens is 1. The fourth-order valence-electron chi connectivity index (χ4n) is 1.29. The molecule has 0 spiro atoms. The highest BCUT2D eigenvalue weighted by Crippen LogP contribution is 2.19. The third kappa shape index (κ3) is 2.96. The van der Waals surface area contributed by atoms with E-state index in [4.69, 9.17) is 11.6 Å². The molecule has 15 heavy (non-hydrogen) atoms. The number of rotatable bonds is 4. The van der Waals surface area contributed by atoms with Crippen molar-refractivity contribution in [1.82, 2.24) is 9.78 Å². The van der Waals surface area contributed by atoms with Crippen LogP contribution in [0.3, 0.4) is 0 Å². The van der Waals surface area contributed by atoms with E-state index < -0.39 is 0 Å². The Morgan fingerprint density at radius 3 is 2.87 bits per heavy atom. The molecular weight excluding hydrogens is 216 g/mol. The minimum atomic E-state index is -0.243. The van der Waals surface area contributed by atoms with Gasteiger partial charge in [0.15, 0.2) is 0 Å². The first-order valence-electron chi connectivity index (χ1n) is 4.88. The Morgan fingerprint density at radius 2 is 2.40 bits per heavy atom. The molecule has 0 saturated carbocycles. The quantitative estimate of drug-likeness (QED) is 0.745. The van der Waals surface area contributed by atoms with Crippen LogP contribution < -0.4 is 0 Å². The summed E-state index contributed by atoms with van der Waals surface area (Å²) in [5, 5.41) is 4.94. The van der Waals surface area contributed by atoms with Gasteiger partial charge in [-0.15, -0.1) is 0 Å². The normalized spacial score (nSPS) is 12.5. The molecule has 0 fully saturated rings. The van der Waals surface area contributed by atoms with Crippen molar-refractivity contribution in [3.8, 4) is 0 Å². The van der Waals surface area contributed by atoms with E-state index in [1.807, 2.05) is 13.8 Å². The first kappa shape index (κ1) is 12.0. The Hall–Kier alpha value is -1.03. The van der Waals surface area contributed by atoms with Gasteiger partial charge in [-0.05, 0) is 13.3 Å². The fraction of sp³-hybridized carbons (Fsp3) is 0.600. The third-order valence-electron chi connectivity index (χ3n) is 2.23. The van der Waals surface area contributed by atoms with Gasteiger partial charge in [-0.3, -0.25) is 9.48 Å². The van der Waals surface area contributed by atoms with Crippen LogP contribution in [0.5, 0.6) is 0 Å². The monoisotopic (exact) mass is 230 g/mol. The van der Waals surface area contributed by atoms with Crippen molar-refractivity contribution in [1.29, 1.82) is 0 Å². The lowest BCUT2D eigenvalue weighted by Crippen LogP contribution is -2.12. The second kappa shape index (κ2) is 5.16. The number of aromatic nitrogens is 2. The third-order valence-corrected chi connectivity index (χ3v) is 2.55. The number of nitrogens with zero attached hydrogens (tertiary/aromatic N) is 2. The summed E-state index contributed by atoms with van der Waals surface area (Å²) in [6.45, 7) is 3.89. The minimum absolute atomic E-state index is 0.0322. The van der Waals surface area contributed by atoms with Gasteiger partial charge in [0.1, 0.15) is 0 Å². The number of hydrogen-bond donors (Lipinski definition) is 0. The van der Waals surface area contributed by atoms with Crippen molar-refractivity contribution in [2.24, 2.45) is 0 Å². The predicted molar refractivity (Wildman–Crippen MR) is 58.0 cm³/mol. The molecule has 0 bridgehead atoms. The Kier molecular flexibility index (Phi) is 4.15. The summed E-state index contributed by atoms with van der Waals surface area (Å²) in [4.78, 5) is 11.1. The summed E-state index contributed by atoms with van der Waals surface area (Å²) in [5.41, 5.74) is 0.855. The van der Waals surface area contributed by atoms with Crippen molar-refractivity contribution < 1.29 is 9.53 Å². The molecule has 1 rings (SSSR count). The molecule has 4 nitrogen and oxygen atoms in total. The summed E-state index contributed by atoms with van der Waals surface area (Å²) in [6.07, 6.45) is 2.84. The van der Waals surface area contributed by atoms with Gasteiger partial charge < -0.3 is 4.74 Å². The molecule has 0 N–H and O–H groups in total. The van der Waals surface area contributed by atoms with Crippen molar-refractivity contribution in [2.75, 3.05) is 7.11 Å². The number of esters is 1. The molecule has 0 aliphatic heterocycles. The average molecular weight is 231 g/mol. The molecule has 1 aromatic heterocycles. The summed E-state index contributed by atoms with van der Waals surface area (Å²) in [6, 6.07) is -0.0322. The molecule has 1 heterocycles. The summed E-state index contributed by atoms with van der Waals surface area (Å²) in [5.74, 6) is -0.243. The van der Waals surface area contributed by atoms with E-state index >= 15 is 0 Å². The van der Waals surface area contributed by atoms with E-state index in [1.54, 1.807) is 10.9 Å². The van der Waals surface area contributed by atoms with Gasteiger partial charge >= 0.3 is 5.97 Å². The first-order valence-corrected chi connectivity index (χ1v) is 5.26. The maximum absolute atomic E-state index is 11.1. The van der Waals surface area contributed by atoms with Crippen LogP contribution in [0.15, 0.2) is 6.20 Å². The number of carbonyl (C=O) groups is 1. The standard InChI is InChI=1S/C10H15ClN2O2/c1-4-9-8(11)6-13(12-9)7(2)5-10(14)15-3/h6-7H,4-5H2,1-3H3. The maximum atomic E-state index is 11.1. The second-order valence-electron chi connectivity index (χ2n) is 3.39. The minimum Gasteiger partial charge on any atom is -0.469 e. The van der Waals surface area contributed by atoms with Gasteiger partial charge in [0.25, 0.3) is 0 Å². The lowest BCUT2D eigenvalue weighted by Gasteiger charge is -2.09. The lowest BCUT2D eigenvalue weighted by molar-refractivity contribution is -0.141. The first-order chi connectivity index (χ1) is 7.08. The molecule has 1 aromatic rings. The van der Waals surface area contributed by atoms with Crippen LogP contribution in [0.25, 0.3) is 0 Å². The molecule has 5 heteroatoms. The molecule has 1 atom stereocenters. The number of aryl methyl sites for hydroxylation is 1. The van der Waals surface area contributed by atoms with E-state index in [1.165, 1.54) is 7.11 Å². The Morgan fingerprint density at radius 1 is 1.73 bits per heavy atom. The van der Waals surface area contributed by atoms with Gasteiger partial charge in [-0.2, -0.15) is 5.10 Å². The largest absolute Gasteiger partial charge is 0.469 e. The van der Waals surface area contributed by atoms with Crippen LogP contribution in [-0.2, 0) is 16.0 Å². The van der Waals surface area contributed by atoms with Crippen molar-refractivity contribution >= 4 is 17.6 Å². The Labute approximate surface area is 94.2 Å². The number of hydrogen-bond acceptors (Lipinski definition) is 3. The van der Waals surface area contributed by atoms with Gasteiger partial charge in [0, 0.05) is 6.20 Å². The van der Waals surface area contributed by atoms with Crippen LogP contribution in [0.4, 0.5) is 0 Å². The summed E-state index contributed by atoms with van der Waals surface area (Å²) >= 11 is 5.96. The molecule has 0 aliphatic rings. The smallest absolute Gasteiger partial charge is 0.307 e. The SMILES string of the molecule is CCc1nn(C(C)CC(=O)OC)cc1Cl. The van der Waals surface area contributed by atoms with Crippen LogP contribution in [0, 0.1) is 0 Å². The van der Waals surface area contributed by atoms with E-state index in [9.17, 15) is 4.79 Å². The molecule has 84 valence electrons. The Balaban J connectivity index is 2.73. The fourth-order valence-corrected chi connectivity index (χ4v) is 1.56. The van der Waals surface area contributed by atoms with E-state index in [0.717, 1.165) is 12.1 Å². The van der Waals surface area contributed by atoms with E-state index in [-0.39, 0.29) is 12.0 Å². The molecule has 0 amide bonds. The summed E-state index contributed by atoms with van der Waals surface area (Å²) in [7, 11) is 1.38. The van der Waals surface area contributed by atoms with Gasteiger partial charge in [-0.25, -0.2) is 0 Å². The highest BCUT2D eigenvalue weighted by molar-refractivity contribution is 6.31. The molecular formula is C10H15ClN2O2. The number of carbonyl (C=O) groups excluding carboxylic acids is 1. The van der Waals surface area contributed by atoms with E-state index in [2.05, 4.69) is 9.84 Å². The topological polar surface area (TPSA) is 44.1 Å². The molecule has 0 aliphatic carbocycles. The summed E-state index contributed by atoms with van der Waals surface area (Å²) < 4.78 is 6.30. The average Bonchev–Trinajstić information content (AvgIpc) is 2.59. The maximum Gasteiger partial charge on any atom is 0.307 e. The second-order valence-corrected chi connectivity index (χ2v) is 3.79. The van der Waals surface area contributed by atoms with Crippen molar-refractivity contribution in [2.45, 2.75) is 32.7 Å². The zero-order chi connectivity index (χ0) is 11.4. The van der Waals surface area contributed by atoms with Crippen LogP contribution in [-0.4, -0.2) is 22.9 Å². The zero-order valence-corrected chi connectivity index (χ0v) is 9.91. The molecule has 0 aromatic carbocycles. The van der Waals surface area contributed by atoms with Gasteiger partial charge in [0.2, 0.25) is 0 Å². The Bertz CT molecular complexity index is 349. The number of ether oxygens (including phenoxy) is 1. The highest BCUT2D eigenvalue weighted by Gasteiger charge is 2.14. The molecule has 1 unspecified atom stereocenters.